The zero-order valence-corrected chi connectivity index (χ0v) is 11.3. The van der Waals surface area contributed by atoms with Crippen LogP contribution in [0.15, 0.2) is 17.5 Å². The molecule has 6 heteroatoms. The molecule has 0 aliphatic rings. The van der Waals surface area contributed by atoms with E-state index in [1.807, 2.05) is 13.8 Å². The Bertz CT molecular complexity index is 392. The van der Waals surface area contributed by atoms with Gasteiger partial charge in [0.25, 0.3) is 0 Å². The summed E-state index contributed by atoms with van der Waals surface area (Å²) in [5.41, 5.74) is 0. The largest absolute Gasteiger partial charge is 0.479 e. The molecule has 1 aromatic heterocycles. The molecule has 1 heterocycles. The number of hydrogen-bond donors (Lipinski definition) is 3. The van der Waals surface area contributed by atoms with Crippen LogP contribution in [0.25, 0.3) is 0 Å². The van der Waals surface area contributed by atoms with Gasteiger partial charge in [-0.3, -0.25) is 4.79 Å². The molecule has 0 aromatic carbocycles. The second kappa shape index (κ2) is 7.13. The van der Waals surface area contributed by atoms with Crippen molar-refractivity contribution in [1.29, 1.82) is 0 Å². The second-order valence-corrected chi connectivity index (χ2v) is 5.02. The Hall–Kier alpha value is -1.40. The standard InChI is InChI=1S/C12H18N2O3S/c1-3-8(2)13-7-10(15)14-11(12(16)17)9-5-4-6-18-9/h4-6,8,11,13H,3,7H2,1-2H3,(H,14,15)(H,16,17). The third kappa shape index (κ3) is 4.46. The monoisotopic (exact) mass is 270 g/mol. The van der Waals surface area contributed by atoms with E-state index in [4.69, 9.17) is 5.11 Å². The van der Waals surface area contributed by atoms with Gasteiger partial charge in [0.2, 0.25) is 5.91 Å². The van der Waals surface area contributed by atoms with Gasteiger partial charge in [0.1, 0.15) is 0 Å². The maximum absolute atomic E-state index is 11.6. The van der Waals surface area contributed by atoms with Crippen molar-refractivity contribution in [2.75, 3.05) is 6.54 Å². The lowest BCUT2D eigenvalue weighted by atomic mass is 10.2. The zero-order chi connectivity index (χ0) is 13.5. The number of nitrogens with one attached hydrogen (secondary N) is 2. The fourth-order valence-corrected chi connectivity index (χ4v) is 2.10. The van der Waals surface area contributed by atoms with Crippen LogP contribution in [-0.2, 0) is 9.59 Å². The molecule has 0 fully saturated rings. The highest BCUT2D eigenvalue weighted by atomic mass is 32.1. The summed E-state index contributed by atoms with van der Waals surface area (Å²) in [6.45, 7) is 4.12. The number of carboxylic acid groups (broad SMARTS) is 1. The van der Waals surface area contributed by atoms with Gasteiger partial charge in [-0.2, -0.15) is 0 Å². The van der Waals surface area contributed by atoms with Gasteiger partial charge in [0, 0.05) is 10.9 Å². The van der Waals surface area contributed by atoms with Crippen LogP contribution in [0.5, 0.6) is 0 Å². The molecule has 18 heavy (non-hydrogen) atoms. The first kappa shape index (κ1) is 14.7. The summed E-state index contributed by atoms with van der Waals surface area (Å²) in [4.78, 5) is 23.4. The van der Waals surface area contributed by atoms with Crippen molar-refractivity contribution in [3.8, 4) is 0 Å². The number of aliphatic carboxylic acids is 1. The molecule has 2 atom stereocenters. The Labute approximate surface area is 110 Å². The van der Waals surface area contributed by atoms with Crippen molar-refractivity contribution < 1.29 is 14.7 Å². The molecule has 0 aliphatic heterocycles. The summed E-state index contributed by atoms with van der Waals surface area (Å²) in [6, 6.07) is 2.74. The minimum atomic E-state index is -1.05. The van der Waals surface area contributed by atoms with Crippen LogP contribution in [0.4, 0.5) is 0 Å². The van der Waals surface area contributed by atoms with Crippen LogP contribution in [0.1, 0.15) is 31.2 Å². The van der Waals surface area contributed by atoms with Gasteiger partial charge in [-0.15, -0.1) is 11.3 Å². The van der Waals surface area contributed by atoms with Crippen molar-refractivity contribution in [3.63, 3.8) is 0 Å². The van der Waals surface area contributed by atoms with Crippen molar-refractivity contribution >= 4 is 23.2 Å². The number of amides is 1. The Balaban J connectivity index is 2.52. The van der Waals surface area contributed by atoms with E-state index < -0.39 is 12.0 Å². The predicted molar refractivity (Wildman–Crippen MR) is 70.6 cm³/mol. The molecule has 1 aromatic rings. The van der Waals surface area contributed by atoms with Crippen LogP contribution in [0, 0.1) is 0 Å². The molecule has 100 valence electrons. The topological polar surface area (TPSA) is 78.4 Å². The zero-order valence-electron chi connectivity index (χ0n) is 10.5. The Kier molecular flexibility index (Phi) is 5.80. The molecule has 1 amide bonds. The number of hydrogen-bond acceptors (Lipinski definition) is 4. The third-order valence-corrected chi connectivity index (χ3v) is 3.54. The van der Waals surface area contributed by atoms with Gasteiger partial charge in [0.15, 0.2) is 6.04 Å². The van der Waals surface area contributed by atoms with Crippen molar-refractivity contribution in [2.24, 2.45) is 0 Å². The lowest BCUT2D eigenvalue weighted by molar-refractivity contribution is -0.141. The summed E-state index contributed by atoms with van der Waals surface area (Å²) in [6.07, 6.45) is 0.917. The molecule has 5 nitrogen and oxygen atoms in total. The summed E-state index contributed by atoms with van der Waals surface area (Å²) >= 11 is 1.31. The summed E-state index contributed by atoms with van der Waals surface area (Å²) in [7, 11) is 0. The number of thiophene rings is 1. The predicted octanol–water partition coefficient (Wildman–Crippen LogP) is 1.38. The normalized spacial score (nSPS) is 13.9. The van der Waals surface area contributed by atoms with Gasteiger partial charge in [-0.05, 0) is 24.8 Å². The van der Waals surface area contributed by atoms with Crippen molar-refractivity contribution in [2.45, 2.75) is 32.4 Å². The van der Waals surface area contributed by atoms with Crippen LogP contribution in [0.3, 0.4) is 0 Å². The Morgan fingerprint density at radius 3 is 2.72 bits per heavy atom. The van der Waals surface area contributed by atoms with E-state index in [0.717, 1.165) is 6.42 Å². The van der Waals surface area contributed by atoms with E-state index in [1.165, 1.54) is 11.3 Å². The molecule has 0 saturated carbocycles. The lowest BCUT2D eigenvalue weighted by Crippen LogP contribution is -2.41. The molecule has 0 aliphatic carbocycles. The van der Waals surface area contributed by atoms with Gasteiger partial charge in [-0.25, -0.2) is 4.79 Å². The molecule has 1 rings (SSSR count). The highest BCUT2D eigenvalue weighted by molar-refractivity contribution is 7.10. The quantitative estimate of drug-likeness (QED) is 0.699. The summed E-state index contributed by atoms with van der Waals surface area (Å²) < 4.78 is 0. The maximum atomic E-state index is 11.6. The van der Waals surface area contributed by atoms with Gasteiger partial charge in [0.05, 0.1) is 6.54 Å². The average molecular weight is 270 g/mol. The van der Waals surface area contributed by atoms with Crippen molar-refractivity contribution in [3.05, 3.63) is 22.4 Å². The molecular formula is C12H18N2O3S. The van der Waals surface area contributed by atoms with E-state index in [2.05, 4.69) is 10.6 Å². The van der Waals surface area contributed by atoms with E-state index in [0.29, 0.717) is 4.88 Å². The maximum Gasteiger partial charge on any atom is 0.331 e. The first-order valence-electron chi connectivity index (χ1n) is 5.83. The minimum absolute atomic E-state index is 0.129. The number of rotatable bonds is 7. The van der Waals surface area contributed by atoms with E-state index in [1.54, 1.807) is 17.5 Å². The summed E-state index contributed by atoms with van der Waals surface area (Å²) in [5.74, 6) is -1.36. The van der Waals surface area contributed by atoms with Crippen LogP contribution < -0.4 is 10.6 Å². The third-order valence-electron chi connectivity index (χ3n) is 2.60. The van der Waals surface area contributed by atoms with E-state index in [9.17, 15) is 9.59 Å². The van der Waals surface area contributed by atoms with Gasteiger partial charge < -0.3 is 15.7 Å². The molecule has 0 saturated heterocycles. The highest BCUT2D eigenvalue weighted by Gasteiger charge is 2.22. The fourth-order valence-electron chi connectivity index (χ4n) is 1.33. The van der Waals surface area contributed by atoms with E-state index in [-0.39, 0.29) is 18.5 Å². The minimum Gasteiger partial charge on any atom is -0.479 e. The number of carbonyl (C=O) groups is 2. The van der Waals surface area contributed by atoms with Gasteiger partial charge in [-0.1, -0.05) is 13.0 Å². The van der Waals surface area contributed by atoms with E-state index >= 15 is 0 Å². The molecule has 2 unspecified atom stereocenters. The Morgan fingerprint density at radius 2 is 2.22 bits per heavy atom. The first-order chi connectivity index (χ1) is 8.54. The molecule has 0 radical (unpaired) electrons. The highest BCUT2D eigenvalue weighted by Crippen LogP contribution is 2.18. The number of carboxylic acids is 1. The molecule has 3 N–H and O–H groups in total. The number of carbonyl (C=O) groups excluding carboxylic acids is 1. The first-order valence-corrected chi connectivity index (χ1v) is 6.71. The second-order valence-electron chi connectivity index (χ2n) is 4.04. The van der Waals surface area contributed by atoms with Crippen LogP contribution >= 0.6 is 11.3 Å². The lowest BCUT2D eigenvalue weighted by Gasteiger charge is -2.15. The SMILES string of the molecule is CCC(C)NCC(=O)NC(C(=O)O)c1cccs1. The van der Waals surface area contributed by atoms with Crippen LogP contribution in [0.2, 0.25) is 0 Å². The summed E-state index contributed by atoms with van der Waals surface area (Å²) in [5, 5.41) is 16.4. The van der Waals surface area contributed by atoms with Crippen molar-refractivity contribution in [1.82, 2.24) is 10.6 Å². The average Bonchev–Trinajstić information content (AvgIpc) is 2.86. The van der Waals surface area contributed by atoms with Crippen LogP contribution in [-0.4, -0.2) is 29.6 Å². The smallest absolute Gasteiger partial charge is 0.331 e. The molecule has 0 spiro atoms. The molecular weight excluding hydrogens is 252 g/mol. The van der Waals surface area contributed by atoms with Gasteiger partial charge >= 0.3 is 5.97 Å². The molecule has 0 bridgehead atoms. The Morgan fingerprint density at radius 1 is 1.50 bits per heavy atom. The fraction of sp³-hybridized carbons (Fsp3) is 0.500.